The van der Waals surface area contributed by atoms with Crippen molar-refractivity contribution in [3.8, 4) is 5.75 Å². The molecule has 1 aliphatic carbocycles. The molecule has 0 saturated carbocycles. The normalized spacial score (nSPS) is 14.2. The van der Waals surface area contributed by atoms with Crippen molar-refractivity contribution in [1.29, 1.82) is 0 Å². The van der Waals surface area contributed by atoms with Gasteiger partial charge in [-0.2, -0.15) is 0 Å². The standard InChI is InChI=1S/C19H22N2O2/c1-3-17(19(22)21-18-10-7-13(2)12-20-18)23-16-9-8-14-5-4-6-15(14)11-16/h7-12,17H,3-6H2,1-2H3,(H,20,21,22). The summed E-state index contributed by atoms with van der Waals surface area (Å²) in [4.78, 5) is 16.6. The highest BCUT2D eigenvalue weighted by atomic mass is 16.5. The molecule has 0 spiro atoms. The van der Waals surface area contributed by atoms with Crippen molar-refractivity contribution in [2.75, 3.05) is 5.32 Å². The zero-order chi connectivity index (χ0) is 16.2. The molecule has 1 unspecified atom stereocenters. The first-order valence-corrected chi connectivity index (χ1v) is 8.17. The number of hydrogen-bond donors (Lipinski definition) is 1. The molecular weight excluding hydrogens is 288 g/mol. The van der Waals surface area contributed by atoms with Crippen LogP contribution in [0.15, 0.2) is 36.5 Å². The lowest BCUT2D eigenvalue weighted by Gasteiger charge is -2.17. The number of anilines is 1. The zero-order valence-corrected chi connectivity index (χ0v) is 13.6. The lowest BCUT2D eigenvalue weighted by atomic mass is 10.1. The van der Waals surface area contributed by atoms with Gasteiger partial charge in [0, 0.05) is 6.20 Å². The highest BCUT2D eigenvalue weighted by Crippen LogP contribution is 2.27. The molecule has 0 fully saturated rings. The van der Waals surface area contributed by atoms with E-state index in [1.165, 1.54) is 17.5 Å². The first-order chi connectivity index (χ1) is 11.2. The summed E-state index contributed by atoms with van der Waals surface area (Å²) in [6.07, 6.45) is 5.27. The Balaban J connectivity index is 1.67. The molecule has 4 nitrogen and oxygen atoms in total. The second-order valence-electron chi connectivity index (χ2n) is 6.01. The summed E-state index contributed by atoms with van der Waals surface area (Å²) in [7, 11) is 0. The van der Waals surface area contributed by atoms with E-state index >= 15 is 0 Å². The van der Waals surface area contributed by atoms with Crippen LogP contribution in [0.25, 0.3) is 0 Å². The van der Waals surface area contributed by atoms with Crippen LogP contribution in [0.2, 0.25) is 0 Å². The molecule has 1 amide bonds. The van der Waals surface area contributed by atoms with E-state index in [-0.39, 0.29) is 5.91 Å². The SMILES string of the molecule is CCC(Oc1ccc2c(c1)CCC2)C(=O)Nc1ccc(C)cn1. The van der Waals surface area contributed by atoms with Gasteiger partial charge in [0.1, 0.15) is 11.6 Å². The molecule has 1 aromatic carbocycles. The summed E-state index contributed by atoms with van der Waals surface area (Å²) in [6.45, 7) is 3.91. The van der Waals surface area contributed by atoms with E-state index in [2.05, 4.69) is 22.4 Å². The third-order valence-electron chi connectivity index (χ3n) is 4.17. The number of rotatable bonds is 5. The van der Waals surface area contributed by atoms with Gasteiger partial charge in [-0.1, -0.05) is 19.1 Å². The summed E-state index contributed by atoms with van der Waals surface area (Å²) >= 11 is 0. The molecular formula is C19H22N2O2. The minimum absolute atomic E-state index is 0.163. The quantitative estimate of drug-likeness (QED) is 0.916. The van der Waals surface area contributed by atoms with Gasteiger partial charge < -0.3 is 10.1 Å². The predicted octanol–water partition coefficient (Wildman–Crippen LogP) is 3.67. The maximum atomic E-state index is 12.4. The molecule has 1 N–H and O–H groups in total. The summed E-state index contributed by atoms with van der Waals surface area (Å²) in [5.74, 6) is 1.16. The molecule has 1 atom stereocenters. The lowest BCUT2D eigenvalue weighted by Crippen LogP contribution is -2.32. The third-order valence-corrected chi connectivity index (χ3v) is 4.17. The Bertz CT molecular complexity index is 695. The van der Waals surface area contributed by atoms with Crippen LogP contribution in [-0.4, -0.2) is 17.0 Å². The molecule has 0 radical (unpaired) electrons. The number of fused-ring (bicyclic) bond motifs is 1. The highest BCUT2D eigenvalue weighted by molar-refractivity contribution is 5.93. The van der Waals surface area contributed by atoms with Crippen molar-refractivity contribution >= 4 is 11.7 Å². The van der Waals surface area contributed by atoms with Gasteiger partial charge >= 0.3 is 0 Å². The van der Waals surface area contributed by atoms with Crippen molar-refractivity contribution in [2.24, 2.45) is 0 Å². The van der Waals surface area contributed by atoms with Crippen molar-refractivity contribution in [3.05, 3.63) is 53.2 Å². The van der Waals surface area contributed by atoms with E-state index in [0.717, 1.165) is 24.2 Å². The predicted molar refractivity (Wildman–Crippen MR) is 90.8 cm³/mol. The van der Waals surface area contributed by atoms with Crippen molar-refractivity contribution in [3.63, 3.8) is 0 Å². The number of nitrogens with one attached hydrogen (secondary N) is 1. The van der Waals surface area contributed by atoms with Crippen LogP contribution < -0.4 is 10.1 Å². The topological polar surface area (TPSA) is 51.2 Å². The Morgan fingerprint density at radius 3 is 2.83 bits per heavy atom. The van der Waals surface area contributed by atoms with Gasteiger partial charge in [0.15, 0.2) is 6.10 Å². The van der Waals surface area contributed by atoms with E-state index < -0.39 is 6.10 Å². The van der Waals surface area contributed by atoms with Crippen LogP contribution in [-0.2, 0) is 17.6 Å². The monoisotopic (exact) mass is 310 g/mol. The van der Waals surface area contributed by atoms with E-state index in [1.807, 2.05) is 26.0 Å². The second-order valence-corrected chi connectivity index (χ2v) is 6.01. The van der Waals surface area contributed by atoms with Gasteiger partial charge in [0.25, 0.3) is 5.91 Å². The van der Waals surface area contributed by atoms with Gasteiger partial charge in [-0.3, -0.25) is 4.79 Å². The van der Waals surface area contributed by atoms with Gasteiger partial charge in [0.05, 0.1) is 0 Å². The molecule has 4 heteroatoms. The molecule has 1 aliphatic rings. The van der Waals surface area contributed by atoms with Crippen LogP contribution in [0.4, 0.5) is 5.82 Å². The largest absolute Gasteiger partial charge is 0.481 e. The second kappa shape index (κ2) is 6.82. The minimum atomic E-state index is -0.516. The van der Waals surface area contributed by atoms with Crippen LogP contribution in [0.1, 0.15) is 36.5 Å². The van der Waals surface area contributed by atoms with Crippen molar-refractivity contribution < 1.29 is 9.53 Å². The van der Waals surface area contributed by atoms with Crippen LogP contribution in [0, 0.1) is 6.92 Å². The summed E-state index contributed by atoms with van der Waals surface area (Å²) in [5.41, 5.74) is 3.81. The average molecular weight is 310 g/mol. The average Bonchev–Trinajstić information content (AvgIpc) is 3.02. The fourth-order valence-corrected chi connectivity index (χ4v) is 2.86. The summed E-state index contributed by atoms with van der Waals surface area (Å²) in [6, 6.07) is 9.87. The smallest absolute Gasteiger partial charge is 0.266 e. The number of carbonyl (C=O) groups excluding carboxylic acids is 1. The Hall–Kier alpha value is -2.36. The molecule has 1 aromatic heterocycles. The Labute approximate surface area is 136 Å². The fourth-order valence-electron chi connectivity index (χ4n) is 2.86. The van der Waals surface area contributed by atoms with E-state index in [1.54, 1.807) is 12.3 Å². The van der Waals surface area contributed by atoms with Crippen molar-refractivity contribution in [1.82, 2.24) is 4.98 Å². The van der Waals surface area contributed by atoms with E-state index in [9.17, 15) is 4.79 Å². The minimum Gasteiger partial charge on any atom is -0.481 e. The number of pyridine rings is 1. The molecule has 1 heterocycles. The van der Waals surface area contributed by atoms with Gasteiger partial charge in [0.2, 0.25) is 0 Å². The summed E-state index contributed by atoms with van der Waals surface area (Å²) < 4.78 is 5.91. The fraction of sp³-hybridized carbons (Fsp3) is 0.368. The molecule has 0 bridgehead atoms. The van der Waals surface area contributed by atoms with Gasteiger partial charge in [-0.15, -0.1) is 0 Å². The number of aryl methyl sites for hydroxylation is 3. The molecule has 3 rings (SSSR count). The number of benzene rings is 1. The van der Waals surface area contributed by atoms with Gasteiger partial charge in [-0.05, 0) is 67.5 Å². The van der Waals surface area contributed by atoms with Crippen LogP contribution >= 0.6 is 0 Å². The van der Waals surface area contributed by atoms with Crippen LogP contribution in [0.5, 0.6) is 5.75 Å². The number of aromatic nitrogens is 1. The third kappa shape index (κ3) is 3.70. The van der Waals surface area contributed by atoms with E-state index in [0.29, 0.717) is 12.2 Å². The van der Waals surface area contributed by atoms with Crippen molar-refractivity contribution in [2.45, 2.75) is 45.6 Å². The summed E-state index contributed by atoms with van der Waals surface area (Å²) in [5, 5.41) is 2.82. The molecule has 23 heavy (non-hydrogen) atoms. The first kappa shape index (κ1) is 15.5. The maximum absolute atomic E-state index is 12.4. The highest BCUT2D eigenvalue weighted by Gasteiger charge is 2.20. The molecule has 120 valence electrons. The molecule has 2 aromatic rings. The Kier molecular flexibility index (Phi) is 4.60. The maximum Gasteiger partial charge on any atom is 0.266 e. The first-order valence-electron chi connectivity index (χ1n) is 8.17. The Morgan fingerprint density at radius 2 is 2.09 bits per heavy atom. The Morgan fingerprint density at radius 1 is 1.26 bits per heavy atom. The van der Waals surface area contributed by atoms with E-state index in [4.69, 9.17) is 4.74 Å². The van der Waals surface area contributed by atoms with Crippen LogP contribution in [0.3, 0.4) is 0 Å². The number of ether oxygens (including phenoxy) is 1. The zero-order valence-electron chi connectivity index (χ0n) is 13.6. The molecule has 0 saturated heterocycles. The number of nitrogens with zero attached hydrogens (tertiary/aromatic N) is 1. The lowest BCUT2D eigenvalue weighted by molar-refractivity contribution is -0.122. The molecule has 0 aliphatic heterocycles. The number of amides is 1. The number of carbonyl (C=O) groups is 1. The number of hydrogen-bond acceptors (Lipinski definition) is 3. The van der Waals surface area contributed by atoms with Gasteiger partial charge in [-0.25, -0.2) is 4.98 Å².